The highest BCUT2D eigenvalue weighted by atomic mass is 35.5. The Morgan fingerprint density at radius 2 is 2.37 bits per heavy atom. The summed E-state index contributed by atoms with van der Waals surface area (Å²) in [5.74, 6) is -0.283. The lowest BCUT2D eigenvalue weighted by molar-refractivity contribution is -0.138. The highest BCUT2D eigenvalue weighted by molar-refractivity contribution is 6.67. The zero-order chi connectivity index (χ0) is 14.0. The van der Waals surface area contributed by atoms with Crippen LogP contribution in [-0.4, -0.2) is 41.4 Å². The molecule has 2 atom stereocenters. The minimum atomic E-state index is -0.381. The van der Waals surface area contributed by atoms with Crippen molar-refractivity contribution in [3.05, 3.63) is 23.4 Å². The van der Waals surface area contributed by atoms with Crippen molar-refractivity contribution in [2.75, 3.05) is 13.2 Å². The van der Waals surface area contributed by atoms with Crippen LogP contribution in [0.25, 0.3) is 0 Å². The number of ether oxygens (including phenoxy) is 1. The molecule has 5 nitrogen and oxygen atoms in total. The van der Waals surface area contributed by atoms with E-state index in [0.29, 0.717) is 23.8 Å². The fraction of sp³-hybridized carbons (Fsp3) is 0.538. The molecule has 0 saturated heterocycles. The molecule has 0 aromatic heterocycles. The number of hydrogen-bond donors (Lipinski definition) is 1. The maximum absolute atomic E-state index is 11.8. The molecule has 2 aliphatic rings. The zero-order valence-electron chi connectivity index (χ0n) is 11.1. The number of dihydropyridines is 1. The van der Waals surface area contributed by atoms with Gasteiger partial charge < -0.3 is 15.4 Å². The average Bonchev–Trinajstić information content (AvgIpc) is 2.39. The van der Waals surface area contributed by atoms with Gasteiger partial charge in [-0.3, -0.25) is 0 Å². The van der Waals surface area contributed by atoms with Crippen molar-refractivity contribution < 1.29 is 9.53 Å². The van der Waals surface area contributed by atoms with Gasteiger partial charge in [-0.25, -0.2) is 9.79 Å². The summed E-state index contributed by atoms with van der Waals surface area (Å²) < 4.78 is 5.05. The Morgan fingerprint density at radius 1 is 1.63 bits per heavy atom. The monoisotopic (exact) mass is 283 g/mol. The van der Waals surface area contributed by atoms with Gasteiger partial charge in [0.2, 0.25) is 0 Å². The Morgan fingerprint density at radius 3 is 3.00 bits per heavy atom. The van der Waals surface area contributed by atoms with Gasteiger partial charge in [0.05, 0.1) is 18.2 Å². The van der Waals surface area contributed by atoms with Crippen LogP contribution in [0.15, 0.2) is 28.4 Å². The minimum Gasteiger partial charge on any atom is -0.463 e. The number of carbonyl (C=O) groups excluding carboxylic acids is 1. The van der Waals surface area contributed by atoms with Gasteiger partial charge in [0.1, 0.15) is 11.3 Å². The summed E-state index contributed by atoms with van der Waals surface area (Å²) in [6.45, 7) is 4.89. The number of nitrogens with zero attached hydrogens (tertiary/aromatic N) is 2. The van der Waals surface area contributed by atoms with Gasteiger partial charge in [-0.05, 0) is 19.4 Å². The number of aliphatic imine (C=N–C) groups is 1. The maximum Gasteiger partial charge on any atom is 0.335 e. The summed E-state index contributed by atoms with van der Waals surface area (Å²) in [5.41, 5.74) is 7.49. The van der Waals surface area contributed by atoms with Gasteiger partial charge in [-0.1, -0.05) is 17.7 Å². The number of esters is 1. The molecular formula is C13H18ClN3O2. The average molecular weight is 284 g/mol. The number of carbonyl (C=O) groups is 1. The maximum atomic E-state index is 11.8. The van der Waals surface area contributed by atoms with Gasteiger partial charge in [-0.15, -0.1) is 0 Å². The molecule has 2 heterocycles. The van der Waals surface area contributed by atoms with E-state index >= 15 is 0 Å². The molecule has 2 N–H and O–H groups in total. The van der Waals surface area contributed by atoms with Gasteiger partial charge in [0.25, 0.3) is 0 Å². The molecule has 0 aliphatic carbocycles. The van der Waals surface area contributed by atoms with Crippen LogP contribution in [0.5, 0.6) is 0 Å². The number of nitrogens with two attached hydrogens (primary N) is 1. The van der Waals surface area contributed by atoms with Crippen LogP contribution in [0.2, 0.25) is 0 Å². The topological polar surface area (TPSA) is 67.9 Å². The molecule has 0 aromatic carbocycles. The third kappa shape index (κ3) is 2.82. The van der Waals surface area contributed by atoms with Crippen LogP contribution in [0.4, 0.5) is 0 Å². The molecule has 6 heteroatoms. The Hall–Kier alpha value is -1.33. The molecule has 0 fully saturated rings. The zero-order valence-corrected chi connectivity index (χ0v) is 11.9. The molecule has 0 bridgehead atoms. The number of halogens is 1. The Balaban J connectivity index is 2.29. The quantitative estimate of drug-likeness (QED) is 0.628. The van der Waals surface area contributed by atoms with E-state index < -0.39 is 0 Å². The van der Waals surface area contributed by atoms with E-state index in [4.69, 9.17) is 22.1 Å². The Labute approximate surface area is 117 Å². The molecule has 19 heavy (non-hydrogen) atoms. The highest BCUT2D eigenvalue weighted by Gasteiger charge is 2.31. The first-order valence-electron chi connectivity index (χ1n) is 6.39. The van der Waals surface area contributed by atoms with Crippen molar-refractivity contribution in [1.29, 1.82) is 0 Å². The smallest absolute Gasteiger partial charge is 0.335 e. The van der Waals surface area contributed by atoms with E-state index in [2.05, 4.69) is 4.99 Å². The fourth-order valence-electron chi connectivity index (χ4n) is 2.26. The van der Waals surface area contributed by atoms with E-state index in [9.17, 15) is 4.79 Å². The molecule has 0 amide bonds. The number of likely N-dealkylation sites (N-methyl/N-ethyl adjacent to an activating group) is 1. The Bertz CT molecular complexity index is 471. The van der Waals surface area contributed by atoms with E-state index in [1.54, 1.807) is 6.92 Å². The normalized spacial score (nSPS) is 26.1. The van der Waals surface area contributed by atoms with Crippen LogP contribution in [0.1, 0.15) is 20.3 Å². The standard InChI is InChI=1S/C13H18ClN3O2/c1-3-17-7-9(13(18)19-4-2)5-8-6-10(15)11(14)16-12(8)17/h6-7,10,12H,3-5,15H2,1-2H3. The van der Waals surface area contributed by atoms with Crippen molar-refractivity contribution in [1.82, 2.24) is 4.90 Å². The molecular weight excluding hydrogens is 266 g/mol. The third-order valence-electron chi connectivity index (χ3n) is 3.18. The third-order valence-corrected chi connectivity index (χ3v) is 3.53. The SMILES string of the molecule is CCOC(=O)C1=CN(CC)C2N=C(Cl)C(N)C=C2C1. The number of fused-ring (bicyclic) bond motifs is 1. The summed E-state index contributed by atoms with van der Waals surface area (Å²) in [6.07, 6.45) is 4.07. The molecule has 2 aliphatic heterocycles. The highest BCUT2D eigenvalue weighted by Crippen LogP contribution is 2.30. The Kier molecular flexibility index (Phi) is 4.27. The minimum absolute atomic E-state index is 0.143. The van der Waals surface area contributed by atoms with Crippen LogP contribution in [-0.2, 0) is 9.53 Å². The lowest BCUT2D eigenvalue weighted by Crippen LogP contribution is -2.41. The second-order valence-corrected chi connectivity index (χ2v) is 4.86. The summed E-state index contributed by atoms with van der Waals surface area (Å²) >= 11 is 6.00. The summed E-state index contributed by atoms with van der Waals surface area (Å²) in [7, 11) is 0. The van der Waals surface area contributed by atoms with E-state index in [-0.39, 0.29) is 18.2 Å². The number of hydrogen-bond acceptors (Lipinski definition) is 5. The first kappa shape index (κ1) is 14.1. The molecule has 2 rings (SSSR count). The fourth-order valence-corrected chi connectivity index (χ4v) is 2.41. The van der Waals surface area contributed by atoms with Crippen molar-refractivity contribution >= 4 is 22.7 Å². The van der Waals surface area contributed by atoms with Crippen LogP contribution < -0.4 is 5.73 Å². The second kappa shape index (κ2) is 5.75. The van der Waals surface area contributed by atoms with Gasteiger partial charge in [-0.2, -0.15) is 0 Å². The summed E-state index contributed by atoms with van der Waals surface area (Å²) in [4.78, 5) is 18.2. The van der Waals surface area contributed by atoms with E-state index in [0.717, 1.165) is 12.1 Å². The van der Waals surface area contributed by atoms with Crippen LogP contribution >= 0.6 is 11.6 Å². The molecule has 104 valence electrons. The lowest BCUT2D eigenvalue weighted by Gasteiger charge is -2.36. The van der Waals surface area contributed by atoms with Crippen molar-refractivity contribution in [3.8, 4) is 0 Å². The van der Waals surface area contributed by atoms with Gasteiger partial charge in [0, 0.05) is 19.2 Å². The molecule has 0 saturated carbocycles. The van der Waals surface area contributed by atoms with E-state index in [1.807, 2.05) is 24.1 Å². The van der Waals surface area contributed by atoms with Gasteiger partial charge in [0.15, 0.2) is 0 Å². The van der Waals surface area contributed by atoms with E-state index in [1.165, 1.54) is 0 Å². The van der Waals surface area contributed by atoms with Gasteiger partial charge >= 0.3 is 5.97 Å². The lowest BCUT2D eigenvalue weighted by atomic mass is 9.95. The van der Waals surface area contributed by atoms with Crippen molar-refractivity contribution in [2.24, 2.45) is 10.7 Å². The van der Waals surface area contributed by atoms with Crippen LogP contribution in [0.3, 0.4) is 0 Å². The summed E-state index contributed by atoms with van der Waals surface area (Å²) in [6, 6.07) is -0.381. The molecule has 0 aromatic rings. The van der Waals surface area contributed by atoms with Crippen molar-refractivity contribution in [2.45, 2.75) is 32.5 Å². The first-order valence-corrected chi connectivity index (χ1v) is 6.77. The molecule has 0 spiro atoms. The first-order chi connectivity index (χ1) is 9.06. The van der Waals surface area contributed by atoms with Crippen molar-refractivity contribution in [3.63, 3.8) is 0 Å². The summed E-state index contributed by atoms with van der Waals surface area (Å²) in [5, 5.41) is 0.403. The number of rotatable bonds is 3. The largest absolute Gasteiger partial charge is 0.463 e. The molecule has 2 unspecified atom stereocenters. The second-order valence-electron chi connectivity index (χ2n) is 4.47. The predicted octanol–water partition coefficient (Wildman–Crippen LogP) is 1.39. The van der Waals surface area contributed by atoms with Crippen LogP contribution in [0, 0.1) is 0 Å². The molecule has 0 radical (unpaired) electrons. The predicted molar refractivity (Wildman–Crippen MR) is 74.8 cm³/mol.